The van der Waals surface area contributed by atoms with Crippen LogP contribution in [0.5, 0.6) is 5.75 Å². The summed E-state index contributed by atoms with van der Waals surface area (Å²) < 4.78 is 6.10. The summed E-state index contributed by atoms with van der Waals surface area (Å²) in [6.07, 6.45) is 4.33. The molecule has 0 aliphatic carbocycles. The maximum Gasteiger partial charge on any atom is 0.228 e. The van der Waals surface area contributed by atoms with Gasteiger partial charge in [0.25, 0.3) is 0 Å². The summed E-state index contributed by atoms with van der Waals surface area (Å²) in [5.41, 5.74) is 1.94. The summed E-state index contributed by atoms with van der Waals surface area (Å²) in [5, 5.41) is 3.88. The average Bonchev–Trinajstić information content (AvgIpc) is 2.78. The van der Waals surface area contributed by atoms with Gasteiger partial charge in [0.05, 0.1) is 5.92 Å². The van der Waals surface area contributed by atoms with Crippen LogP contribution >= 0.6 is 11.6 Å². The van der Waals surface area contributed by atoms with Gasteiger partial charge < -0.3 is 15.0 Å². The SMILES string of the molecule is CN1CCC(Oc2ccc(NC(=O)C3CCCN(Cc4ccccc4Cl)C3)cc2)CC1. The molecule has 0 spiro atoms. The van der Waals surface area contributed by atoms with Gasteiger partial charge in [0.2, 0.25) is 5.91 Å². The van der Waals surface area contributed by atoms with Gasteiger partial charge >= 0.3 is 0 Å². The molecule has 4 rings (SSSR count). The smallest absolute Gasteiger partial charge is 0.228 e. The first kappa shape index (κ1) is 22.1. The van der Waals surface area contributed by atoms with E-state index in [2.05, 4.69) is 28.2 Å². The largest absolute Gasteiger partial charge is 0.490 e. The molecule has 0 aromatic heterocycles. The van der Waals surface area contributed by atoms with Gasteiger partial charge in [0, 0.05) is 36.9 Å². The minimum atomic E-state index is -0.00797. The number of benzene rings is 2. The molecule has 31 heavy (non-hydrogen) atoms. The number of carbonyl (C=O) groups is 1. The molecule has 2 aliphatic heterocycles. The zero-order valence-electron chi connectivity index (χ0n) is 18.2. The molecular formula is C25H32ClN3O2. The summed E-state index contributed by atoms with van der Waals surface area (Å²) in [5.74, 6) is 0.954. The molecule has 2 saturated heterocycles. The van der Waals surface area contributed by atoms with Crippen LogP contribution in [0, 0.1) is 5.92 Å². The Labute approximate surface area is 190 Å². The Hall–Kier alpha value is -2.08. The van der Waals surface area contributed by atoms with Crippen LogP contribution in [-0.4, -0.2) is 55.0 Å². The number of hydrogen-bond acceptors (Lipinski definition) is 4. The second kappa shape index (κ2) is 10.5. The Morgan fingerprint density at radius 1 is 1.06 bits per heavy atom. The van der Waals surface area contributed by atoms with E-state index in [1.165, 1.54) is 0 Å². The number of piperidine rings is 2. The number of nitrogens with one attached hydrogen (secondary N) is 1. The van der Waals surface area contributed by atoms with Gasteiger partial charge in [0.1, 0.15) is 11.9 Å². The van der Waals surface area contributed by atoms with Crippen molar-refractivity contribution in [1.82, 2.24) is 9.80 Å². The van der Waals surface area contributed by atoms with Gasteiger partial charge in [0.15, 0.2) is 0 Å². The molecule has 0 bridgehead atoms. The summed E-state index contributed by atoms with van der Waals surface area (Å²) >= 11 is 6.31. The molecular weight excluding hydrogens is 410 g/mol. The molecule has 0 radical (unpaired) electrons. The fraction of sp³-hybridized carbons (Fsp3) is 0.480. The molecule has 1 amide bonds. The zero-order chi connectivity index (χ0) is 21.6. The number of halogens is 1. The van der Waals surface area contributed by atoms with Crippen molar-refractivity contribution in [2.45, 2.75) is 38.3 Å². The number of nitrogens with zero attached hydrogens (tertiary/aromatic N) is 2. The molecule has 1 atom stereocenters. The molecule has 2 aliphatic rings. The van der Waals surface area contributed by atoms with E-state index in [9.17, 15) is 4.79 Å². The molecule has 166 valence electrons. The molecule has 2 heterocycles. The summed E-state index contributed by atoms with van der Waals surface area (Å²) in [6.45, 7) is 4.69. The van der Waals surface area contributed by atoms with E-state index in [4.69, 9.17) is 16.3 Å². The average molecular weight is 442 g/mol. The highest BCUT2D eigenvalue weighted by molar-refractivity contribution is 6.31. The molecule has 5 nitrogen and oxygen atoms in total. The van der Waals surface area contributed by atoms with Gasteiger partial charge in [-0.05, 0) is 75.2 Å². The van der Waals surface area contributed by atoms with E-state index in [1.807, 2.05) is 42.5 Å². The van der Waals surface area contributed by atoms with Crippen LogP contribution in [-0.2, 0) is 11.3 Å². The maximum atomic E-state index is 12.9. The first-order valence-electron chi connectivity index (χ1n) is 11.3. The first-order valence-corrected chi connectivity index (χ1v) is 11.7. The van der Waals surface area contributed by atoms with E-state index >= 15 is 0 Å². The maximum absolute atomic E-state index is 12.9. The number of ether oxygens (including phenoxy) is 1. The second-order valence-electron chi connectivity index (χ2n) is 8.80. The van der Waals surface area contributed by atoms with Crippen molar-refractivity contribution in [3.63, 3.8) is 0 Å². The highest BCUT2D eigenvalue weighted by Crippen LogP contribution is 2.24. The van der Waals surface area contributed by atoms with E-state index < -0.39 is 0 Å². The Bertz CT molecular complexity index is 865. The minimum absolute atomic E-state index is 0.00797. The standard InChI is InChI=1S/C25H32ClN3O2/c1-28-15-12-23(13-16-28)31-22-10-8-21(9-11-22)27-25(30)20-6-4-14-29(18-20)17-19-5-2-3-7-24(19)26/h2-3,5,7-11,20,23H,4,6,12-18H2,1H3,(H,27,30). The van der Waals surface area contributed by atoms with Crippen molar-refractivity contribution >= 4 is 23.2 Å². The van der Waals surface area contributed by atoms with Crippen molar-refractivity contribution in [3.05, 3.63) is 59.1 Å². The van der Waals surface area contributed by atoms with Crippen molar-refractivity contribution < 1.29 is 9.53 Å². The van der Waals surface area contributed by atoms with E-state index in [0.717, 1.165) is 80.4 Å². The van der Waals surface area contributed by atoms with E-state index in [-0.39, 0.29) is 17.9 Å². The third kappa shape index (κ3) is 6.22. The van der Waals surface area contributed by atoms with Gasteiger partial charge in [-0.2, -0.15) is 0 Å². The topological polar surface area (TPSA) is 44.8 Å². The lowest BCUT2D eigenvalue weighted by molar-refractivity contribution is -0.121. The van der Waals surface area contributed by atoms with Crippen LogP contribution in [0.4, 0.5) is 5.69 Å². The van der Waals surface area contributed by atoms with Gasteiger partial charge in [-0.25, -0.2) is 0 Å². The van der Waals surface area contributed by atoms with Crippen LogP contribution in [0.2, 0.25) is 5.02 Å². The summed E-state index contributed by atoms with van der Waals surface area (Å²) in [4.78, 5) is 17.5. The fourth-order valence-corrected chi connectivity index (χ4v) is 4.63. The summed E-state index contributed by atoms with van der Waals surface area (Å²) in [7, 11) is 2.15. The minimum Gasteiger partial charge on any atom is -0.490 e. The Morgan fingerprint density at radius 3 is 2.55 bits per heavy atom. The second-order valence-corrected chi connectivity index (χ2v) is 9.21. The monoisotopic (exact) mass is 441 g/mol. The number of rotatable bonds is 6. The zero-order valence-corrected chi connectivity index (χ0v) is 19.0. The van der Waals surface area contributed by atoms with Crippen molar-refractivity contribution in [2.24, 2.45) is 5.92 Å². The van der Waals surface area contributed by atoms with Crippen molar-refractivity contribution in [2.75, 3.05) is 38.5 Å². The Balaban J connectivity index is 1.28. The number of carbonyl (C=O) groups excluding carboxylic acids is 1. The molecule has 6 heteroatoms. The first-order chi connectivity index (χ1) is 15.1. The predicted molar refractivity (Wildman–Crippen MR) is 126 cm³/mol. The van der Waals surface area contributed by atoms with Crippen LogP contribution in [0.15, 0.2) is 48.5 Å². The summed E-state index contributed by atoms with van der Waals surface area (Å²) in [6, 6.07) is 15.7. The molecule has 0 saturated carbocycles. The lowest BCUT2D eigenvalue weighted by Gasteiger charge is -2.32. The highest BCUT2D eigenvalue weighted by Gasteiger charge is 2.26. The molecule has 2 fully saturated rings. The van der Waals surface area contributed by atoms with Crippen LogP contribution in [0.25, 0.3) is 0 Å². The Kier molecular flexibility index (Phi) is 7.49. The van der Waals surface area contributed by atoms with Gasteiger partial charge in [-0.15, -0.1) is 0 Å². The predicted octanol–water partition coefficient (Wildman–Crippen LogP) is 4.66. The molecule has 1 N–H and O–H groups in total. The van der Waals surface area contributed by atoms with Crippen LogP contribution < -0.4 is 10.1 Å². The normalized spacial score (nSPS) is 21.0. The van der Waals surface area contributed by atoms with Crippen molar-refractivity contribution in [3.8, 4) is 5.75 Å². The van der Waals surface area contributed by atoms with Crippen LogP contribution in [0.3, 0.4) is 0 Å². The van der Waals surface area contributed by atoms with Gasteiger partial charge in [-0.3, -0.25) is 9.69 Å². The lowest BCUT2D eigenvalue weighted by Crippen LogP contribution is -2.40. The van der Waals surface area contributed by atoms with E-state index in [1.54, 1.807) is 0 Å². The third-order valence-electron chi connectivity index (χ3n) is 6.32. The highest BCUT2D eigenvalue weighted by atomic mass is 35.5. The number of likely N-dealkylation sites (tertiary alicyclic amines) is 2. The lowest BCUT2D eigenvalue weighted by atomic mass is 9.96. The molecule has 1 unspecified atom stereocenters. The van der Waals surface area contributed by atoms with E-state index in [0.29, 0.717) is 0 Å². The molecule has 2 aromatic rings. The molecule has 2 aromatic carbocycles. The Morgan fingerprint density at radius 2 is 1.81 bits per heavy atom. The number of hydrogen-bond donors (Lipinski definition) is 1. The fourth-order valence-electron chi connectivity index (χ4n) is 4.44. The quantitative estimate of drug-likeness (QED) is 0.707. The van der Waals surface area contributed by atoms with Crippen LogP contribution in [0.1, 0.15) is 31.2 Å². The number of amides is 1. The van der Waals surface area contributed by atoms with Crippen molar-refractivity contribution in [1.29, 1.82) is 0 Å². The van der Waals surface area contributed by atoms with Gasteiger partial charge in [-0.1, -0.05) is 29.8 Å². The third-order valence-corrected chi connectivity index (χ3v) is 6.69. The number of anilines is 1.